The van der Waals surface area contributed by atoms with E-state index < -0.39 is 0 Å². The van der Waals surface area contributed by atoms with Crippen LogP contribution in [0.1, 0.15) is 29.8 Å². The summed E-state index contributed by atoms with van der Waals surface area (Å²) in [4.78, 5) is 21.9. The average molecular weight is 269 g/mol. The maximum absolute atomic E-state index is 11.0. The van der Waals surface area contributed by atoms with E-state index in [2.05, 4.69) is 15.9 Å². The van der Waals surface area contributed by atoms with E-state index in [1.165, 1.54) is 6.92 Å². The lowest BCUT2D eigenvalue weighted by Gasteiger charge is -2.06. The Labute approximate surface area is 97.8 Å². The van der Waals surface area contributed by atoms with Crippen molar-refractivity contribution in [1.29, 1.82) is 0 Å². The van der Waals surface area contributed by atoms with E-state index in [4.69, 9.17) is 0 Å². The van der Waals surface area contributed by atoms with E-state index >= 15 is 0 Å². The van der Waals surface area contributed by atoms with Crippen LogP contribution in [-0.2, 0) is 11.2 Å². The third-order valence-electron chi connectivity index (χ3n) is 2.22. The summed E-state index contributed by atoms with van der Waals surface area (Å²) in [6.45, 7) is 3.10. The van der Waals surface area contributed by atoms with Crippen LogP contribution in [0, 0.1) is 0 Å². The zero-order valence-electron chi connectivity index (χ0n) is 8.79. The first kappa shape index (κ1) is 12.1. The normalized spacial score (nSPS) is 12.2. The second-order valence-electron chi connectivity index (χ2n) is 3.54. The molecule has 0 radical (unpaired) electrons. The van der Waals surface area contributed by atoms with Crippen LogP contribution in [0.15, 0.2) is 24.3 Å². The fraction of sp³-hybridized carbons (Fsp3) is 0.333. The topological polar surface area (TPSA) is 34.1 Å². The minimum atomic E-state index is -0.138. The van der Waals surface area contributed by atoms with Gasteiger partial charge in [-0.3, -0.25) is 9.59 Å². The quantitative estimate of drug-likeness (QED) is 0.622. The largest absolute Gasteiger partial charge is 0.299 e. The summed E-state index contributed by atoms with van der Waals surface area (Å²) in [5, 5.41) is 0. The van der Waals surface area contributed by atoms with Crippen LogP contribution in [0.5, 0.6) is 0 Å². The van der Waals surface area contributed by atoms with E-state index in [0.717, 1.165) is 5.56 Å². The number of alkyl halides is 1. The predicted molar refractivity (Wildman–Crippen MR) is 63.5 cm³/mol. The first-order valence-corrected chi connectivity index (χ1v) is 5.66. The van der Waals surface area contributed by atoms with Crippen LogP contribution in [0.2, 0.25) is 0 Å². The molecule has 80 valence electrons. The number of ketones is 2. The van der Waals surface area contributed by atoms with Gasteiger partial charge in [-0.25, -0.2) is 0 Å². The molecule has 0 aliphatic rings. The van der Waals surface area contributed by atoms with Crippen molar-refractivity contribution in [2.45, 2.75) is 25.1 Å². The van der Waals surface area contributed by atoms with Gasteiger partial charge in [0.2, 0.25) is 0 Å². The molecule has 0 amide bonds. The fourth-order valence-electron chi connectivity index (χ4n) is 1.23. The van der Waals surface area contributed by atoms with Gasteiger partial charge in [-0.05, 0) is 25.8 Å². The van der Waals surface area contributed by atoms with Crippen LogP contribution in [0.4, 0.5) is 0 Å². The lowest BCUT2D eigenvalue weighted by molar-refractivity contribution is -0.116. The summed E-state index contributed by atoms with van der Waals surface area (Å²) in [7, 11) is 0. The van der Waals surface area contributed by atoms with Crippen molar-refractivity contribution < 1.29 is 9.59 Å². The number of halogens is 1. The lowest BCUT2D eigenvalue weighted by atomic mass is 10.0. The molecule has 0 heterocycles. The lowest BCUT2D eigenvalue weighted by Crippen LogP contribution is -2.12. The third kappa shape index (κ3) is 3.59. The van der Waals surface area contributed by atoms with Crippen LogP contribution < -0.4 is 0 Å². The summed E-state index contributed by atoms with van der Waals surface area (Å²) in [6, 6.07) is 7.34. The number of rotatable bonds is 4. The Morgan fingerprint density at radius 3 is 2.13 bits per heavy atom. The standard InChI is InChI=1S/C12H13BrO2/c1-8(14)11-5-3-10(4-6-11)7-12(13)9(2)15/h3-6,12H,7H2,1-2H3. The van der Waals surface area contributed by atoms with Gasteiger partial charge in [-0.2, -0.15) is 0 Å². The average Bonchev–Trinajstić information content (AvgIpc) is 2.18. The van der Waals surface area contributed by atoms with Gasteiger partial charge in [0.25, 0.3) is 0 Å². The number of carbonyl (C=O) groups excluding carboxylic acids is 2. The van der Waals surface area contributed by atoms with Crippen molar-refractivity contribution in [2.24, 2.45) is 0 Å². The van der Waals surface area contributed by atoms with E-state index in [0.29, 0.717) is 12.0 Å². The molecule has 2 nitrogen and oxygen atoms in total. The molecule has 0 aliphatic heterocycles. The SMILES string of the molecule is CC(=O)c1ccc(CC(Br)C(C)=O)cc1. The Hall–Kier alpha value is -0.960. The predicted octanol–water partition coefficient (Wildman–Crippen LogP) is 2.78. The Morgan fingerprint density at radius 1 is 1.20 bits per heavy atom. The summed E-state index contributed by atoms with van der Waals surface area (Å²) < 4.78 is 0. The molecule has 0 aliphatic carbocycles. The van der Waals surface area contributed by atoms with Gasteiger partial charge < -0.3 is 0 Å². The van der Waals surface area contributed by atoms with Crippen LogP contribution >= 0.6 is 15.9 Å². The molecule has 0 bridgehead atoms. The molecule has 1 rings (SSSR count). The summed E-state index contributed by atoms with van der Waals surface area (Å²) >= 11 is 3.31. The van der Waals surface area contributed by atoms with Gasteiger partial charge in [0, 0.05) is 5.56 Å². The number of hydrogen-bond donors (Lipinski definition) is 0. The summed E-state index contributed by atoms with van der Waals surface area (Å²) in [5.41, 5.74) is 1.75. The van der Waals surface area contributed by atoms with Crippen molar-refractivity contribution >= 4 is 27.5 Å². The van der Waals surface area contributed by atoms with Gasteiger partial charge in [-0.15, -0.1) is 0 Å². The molecule has 0 aromatic heterocycles. The Morgan fingerprint density at radius 2 is 1.73 bits per heavy atom. The number of hydrogen-bond acceptors (Lipinski definition) is 2. The highest BCUT2D eigenvalue weighted by molar-refractivity contribution is 9.10. The fourth-order valence-corrected chi connectivity index (χ4v) is 1.60. The maximum atomic E-state index is 11.0. The molecule has 1 atom stereocenters. The van der Waals surface area contributed by atoms with Crippen LogP contribution in [0.3, 0.4) is 0 Å². The highest BCUT2D eigenvalue weighted by Gasteiger charge is 2.10. The monoisotopic (exact) mass is 268 g/mol. The highest BCUT2D eigenvalue weighted by atomic mass is 79.9. The van der Waals surface area contributed by atoms with E-state index in [1.54, 1.807) is 19.1 Å². The van der Waals surface area contributed by atoms with Gasteiger partial charge in [0.15, 0.2) is 5.78 Å². The third-order valence-corrected chi connectivity index (χ3v) is 3.18. The molecule has 15 heavy (non-hydrogen) atoms. The Bertz CT molecular complexity index is 368. The molecule has 0 fully saturated rings. The number of Topliss-reactive ketones (excluding diaryl/α,β-unsaturated/α-hetero) is 2. The van der Waals surface area contributed by atoms with Gasteiger partial charge in [0.1, 0.15) is 5.78 Å². The first-order valence-electron chi connectivity index (χ1n) is 4.75. The van der Waals surface area contributed by atoms with E-state index in [-0.39, 0.29) is 16.4 Å². The Kier molecular flexibility index (Phi) is 4.21. The molecule has 1 aromatic rings. The van der Waals surface area contributed by atoms with Gasteiger partial charge in [-0.1, -0.05) is 40.2 Å². The summed E-state index contributed by atoms with van der Waals surface area (Å²) in [6.07, 6.45) is 0.660. The van der Waals surface area contributed by atoms with Crippen molar-refractivity contribution in [3.05, 3.63) is 35.4 Å². The molecular formula is C12H13BrO2. The summed E-state index contributed by atoms with van der Waals surface area (Å²) in [5.74, 6) is 0.175. The number of benzene rings is 1. The first-order chi connectivity index (χ1) is 7.00. The van der Waals surface area contributed by atoms with E-state index in [9.17, 15) is 9.59 Å². The minimum absolute atomic E-state index is 0.0588. The molecule has 0 spiro atoms. The molecular weight excluding hydrogens is 256 g/mol. The van der Waals surface area contributed by atoms with Crippen molar-refractivity contribution in [3.63, 3.8) is 0 Å². The number of carbonyl (C=O) groups is 2. The molecule has 1 unspecified atom stereocenters. The highest BCUT2D eigenvalue weighted by Crippen LogP contribution is 2.12. The van der Waals surface area contributed by atoms with Crippen LogP contribution in [0.25, 0.3) is 0 Å². The Balaban J connectivity index is 2.72. The molecule has 0 saturated carbocycles. The van der Waals surface area contributed by atoms with Crippen molar-refractivity contribution in [3.8, 4) is 0 Å². The van der Waals surface area contributed by atoms with Gasteiger partial charge in [0.05, 0.1) is 4.83 Å². The van der Waals surface area contributed by atoms with Crippen molar-refractivity contribution in [1.82, 2.24) is 0 Å². The second-order valence-corrected chi connectivity index (χ2v) is 4.64. The maximum Gasteiger partial charge on any atom is 0.159 e. The zero-order chi connectivity index (χ0) is 11.4. The van der Waals surface area contributed by atoms with Crippen molar-refractivity contribution in [2.75, 3.05) is 0 Å². The van der Waals surface area contributed by atoms with Gasteiger partial charge >= 0.3 is 0 Å². The van der Waals surface area contributed by atoms with E-state index in [1.807, 2.05) is 12.1 Å². The molecule has 0 saturated heterocycles. The molecule has 3 heteroatoms. The second kappa shape index (κ2) is 5.21. The zero-order valence-corrected chi connectivity index (χ0v) is 10.4. The smallest absolute Gasteiger partial charge is 0.159 e. The molecule has 0 N–H and O–H groups in total. The minimum Gasteiger partial charge on any atom is -0.299 e. The molecule has 1 aromatic carbocycles. The van der Waals surface area contributed by atoms with Crippen LogP contribution in [-0.4, -0.2) is 16.4 Å².